The second-order valence-electron chi connectivity index (χ2n) is 4.80. The molecule has 0 fully saturated rings. The van der Waals surface area contributed by atoms with E-state index in [0.29, 0.717) is 12.1 Å². The van der Waals surface area contributed by atoms with Crippen LogP contribution in [0, 0.1) is 0 Å². The maximum absolute atomic E-state index is 12.1. The quantitative estimate of drug-likeness (QED) is 0.777. The Morgan fingerprint density at radius 1 is 1.38 bits per heavy atom. The lowest BCUT2D eigenvalue weighted by atomic mass is 10.2. The Morgan fingerprint density at radius 2 is 2.05 bits per heavy atom. The van der Waals surface area contributed by atoms with E-state index in [1.54, 1.807) is 6.92 Å². The molecule has 2 rings (SSSR count). The van der Waals surface area contributed by atoms with Crippen molar-refractivity contribution in [2.45, 2.75) is 19.4 Å². The molecule has 1 atom stereocenters. The van der Waals surface area contributed by atoms with E-state index in [0.717, 1.165) is 4.57 Å². The fourth-order valence-electron chi connectivity index (χ4n) is 1.95. The summed E-state index contributed by atoms with van der Waals surface area (Å²) in [7, 11) is 2.92. The van der Waals surface area contributed by atoms with Gasteiger partial charge in [-0.3, -0.25) is 18.7 Å². The van der Waals surface area contributed by atoms with Gasteiger partial charge in [0.05, 0.1) is 23.3 Å². The molecule has 2 aromatic rings. The van der Waals surface area contributed by atoms with E-state index in [1.807, 2.05) is 0 Å². The Labute approximate surface area is 120 Å². The smallest absolute Gasteiger partial charge is 0.323 e. The van der Waals surface area contributed by atoms with Gasteiger partial charge in [0.1, 0.15) is 5.65 Å². The van der Waals surface area contributed by atoms with E-state index in [2.05, 4.69) is 10.3 Å². The van der Waals surface area contributed by atoms with Crippen molar-refractivity contribution in [3.05, 3.63) is 33.1 Å². The van der Waals surface area contributed by atoms with Crippen LogP contribution in [-0.2, 0) is 18.9 Å². The number of nitrogens with two attached hydrogens (primary N) is 1. The summed E-state index contributed by atoms with van der Waals surface area (Å²) in [6.07, 6.45) is 1.89. The highest BCUT2D eigenvalue weighted by Gasteiger charge is 2.14. The number of pyridine rings is 1. The molecule has 0 saturated heterocycles. The summed E-state index contributed by atoms with van der Waals surface area (Å²) in [4.78, 5) is 39.7. The third kappa shape index (κ3) is 2.57. The summed E-state index contributed by atoms with van der Waals surface area (Å²) in [6, 6.07) is 0.869. The van der Waals surface area contributed by atoms with E-state index in [9.17, 15) is 14.4 Å². The second kappa shape index (κ2) is 5.49. The van der Waals surface area contributed by atoms with Gasteiger partial charge in [-0.05, 0) is 12.5 Å². The molecule has 0 spiro atoms. The summed E-state index contributed by atoms with van der Waals surface area (Å²) in [5, 5.41) is 2.86. The average Bonchev–Trinajstić information content (AvgIpc) is 2.49. The molecule has 0 aromatic carbocycles. The molecule has 1 amide bonds. The summed E-state index contributed by atoms with van der Waals surface area (Å²) in [5.74, 6) is -0.347. The summed E-state index contributed by atoms with van der Waals surface area (Å²) in [5.41, 5.74) is 5.35. The van der Waals surface area contributed by atoms with E-state index in [-0.39, 0.29) is 16.9 Å². The number of rotatable bonds is 3. The molecule has 3 N–H and O–H groups in total. The fourth-order valence-corrected chi connectivity index (χ4v) is 1.95. The lowest BCUT2D eigenvalue weighted by molar-refractivity contribution is -0.117. The van der Waals surface area contributed by atoms with Crippen molar-refractivity contribution in [3.8, 4) is 0 Å². The minimum atomic E-state index is -0.622. The maximum atomic E-state index is 12.1. The number of carbonyl (C=O) groups is 1. The SMILES string of the molecule is CC[C@H](N)C(=O)Nc1cnc2c(c1)c(=O)n(C)c(=O)n2C. The van der Waals surface area contributed by atoms with Crippen LogP contribution in [0.3, 0.4) is 0 Å². The first-order valence-corrected chi connectivity index (χ1v) is 6.49. The zero-order valence-electron chi connectivity index (χ0n) is 12.1. The lowest BCUT2D eigenvalue weighted by Gasteiger charge is -2.11. The number of hydrogen-bond acceptors (Lipinski definition) is 5. The Hall–Kier alpha value is -2.48. The van der Waals surface area contributed by atoms with Crippen LogP contribution >= 0.6 is 0 Å². The predicted octanol–water partition coefficient (Wildman–Crippen LogP) is -0.692. The number of fused-ring (bicyclic) bond motifs is 1. The van der Waals surface area contributed by atoms with Gasteiger partial charge in [-0.2, -0.15) is 0 Å². The Bertz CT molecular complexity index is 821. The van der Waals surface area contributed by atoms with Crippen molar-refractivity contribution in [2.75, 3.05) is 5.32 Å². The van der Waals surface area contributed by atoms with Gasteiger partial charge in [0.15, 0.2) is 0 Å². The number of anilines is 1. The van der Waals surface area contributed by atoms with Crippen molar-refractivity contribution in [1.29, 1.82) is 0 Å². The molecule has 21 heavy (non-hydrogen) atoms. The normalized spacial score (nSPS) is 12.4. The third-order valence-corrected chi connectivity index (χ3v) is 3.34. The van der Waals surface area contributed by atoms with Crippen LogP contribution in [0.4, 0.5) is 5.69 Å². The molecular formula is C13H17N5O3. The number of carbonyl (C=O) groups excluding carboxylic acids is 1. The van der Waals surface area contributed by atoms with Gasteiger partial charge in [0, 0.05) is 14.1 Å². The Kier molecular flexibility index (Phi) is 3.90. The van der Waals surface area contributed by atoms with Gasteiger partial charge in [0.2, 0.25) is 5.91 Å². The molecule has 8 heteroatoms. The van der Waals surface area contributed by atoms with Crippen LogP contribution in [0.1, 0.15) is 13.3 Å². The molecule has 2 aromatic heterocycles. The van der Waals surface area contributed by atoms with Gasteiger partial charge in [-0.25, -0.2) is 9.78 Å². The molecule has 2 heterocycles. The highest BCUT2D eigenvalue weighted by Crippen LogP contribution is 2.12. The summed E-state index contributed by atoms with van der Waals surface area (Å²) in [6.45, 7) is 1.80. The summed E-state index contributed by atoms with van der Waals surface area (Å²) < 4.78 is 2.27. The lowest BCUT2D eigenvalue weighted by Crippen LogP contribution is -2.37. The monoisotopic (exact) mass is 291 g/mol. The first kappa shape index (κ1) is 14.9. The first-order valence-electron chi connectivity index (χ1n) is 6.49. The minimum absolute atomic E-state index is 0.252. The molecule has 8 nitrogen and oxygen atoms in total. The molecule has 0 aliphatic rings. The molecule has 0 aliphatic heterocycles. The molecular weight excluding hydrogens is 274 g/mol. The second-order valence-corrected chi connectivity index (χ2v) is 4.80. The van der Waals surface area contributed by atoms with Gasteiger partial charge in [0.25, 0.3) is 5.56 Å². The van der Waals surface area contributed by atoms with Gasteiger partial charge >= 0.3 is 5.69 Å². The Balaban J connectivity index is 2.55. The van der Waals surface area contributed by atoms with Gasteiger partial charge in [-0.15, -0.1) is 0 Å². The maximum Gasteiger partial charge on any atom is 0.332 e. The van der Waals surface area contributed by atoms with Gasteiger partial charge in [-0.1, -0.05) is 6.92 Å². The standard InChI is InChI=1S/C13H17N5O3/c1-4-9(14)11(19)16-7-5-8-10(15-6-7)17(2)13(21)18(3)12(8)20/h5-6,9H,4,14H2,1-3H3,(H,16,19)/t9-/m0/s1. The topological polar surface area (TPSA) is 112 Å². The number of amides is 1. The largest absolute Gasteiger partial charge is 0.332 e. The number of aryl methyl sites for hydroxylation is 1. The van der Waals surface area contributed by atoms with Crippen molar-refractivity contribution < 1.29 is 4.79 Å². The van der Waals surface area contributed by atoms with Crippen LogP contribution in [-0.4, -0.2) is 26.1 Å². The summed E-state index contributed by atoms with van der Waals surface area (Å²) >= 11 is 0. The zero-order valence-corrected chi connectivity index (χ0v) is 12.1. The number of nitrogens with zero attached hydrogens (tertiary/aromatic N) is 3. The molecule has 0 aliphatic carbocycles. The zero-order chi connectivity index (χ0) is 15.7. The van der Waals surface area contributed by atoms with E-state index in [4.69, 9.17) is 5.73 Å². The van der Waals surface area contributed by atoms with Crippen LogP contribution in [0.25, 0.3) is 11.0 Å². The van der Waals surface area contributed by atoms with Gasteiger partial charge < -0.3 is 11.1 Å². The first-order chi connectivity index (χ1) is 9.86. The van der Waals surface area contributed by atoms with Crippen molar-refractivity contribution >= 4 is 22.6 Å². The van der Waals surface area contributed by atoms with E-state index < -0.39 is 17.3 Å². The van der Waals surface area contributed by atoms with Crippen molar-refractivity contribution in [3.63, 3.8) is 0 Å². The van der Waals surface area contributed by atoms with Crippen LogP contribution in [0.15, 0.2) is 21.9 Å². The Morgan fingerprint density at radius 3 is 2.67 bits per heavy atom. The van der Waals surface area contributed by atoms with E-state index in [1.165, 1.54) is 30.9 Å². The van der Waals surface area contributed by atoms with Crippen molar-refractivity contribution in [1.82, 2.24) is 14.1 Å². The molecule has 112 valence electrons. The van der Waals surface area contributed by atoms with Crippen LogP contribution in [0.2, 0.25) is 0 Å². The third-order valence-electron chi connectivity index (χ3n) is 3.34. The van der Waals surface area contributed by atoms with Crippen LogP contribution in [0.5, 0.6) is 0 Å². The number of hydrogen-bond donors (Lipinski definition) is 2. The molecule has 0 saturated carbocycles. The number of nitrogens with one attached hydrogen (secondary N) is 1. The highest BCUT2D eigenvalue weighted by atomic mass is 16.2. The van der Waals surface area contributed by atoms with E-state index >= 15 is 0 Å². The fraction of sp³-hybridized carbons (Fsp3) is 0.385. The molecule has 0 radical (unpaired) electrons. The number of aromatic nitrogens is 3. The van der Waals surface area contributed by atoms with Crippen molar-refractivity contribution in [2.24, 2.45) is 19.8 Å². The highest BCUT2D eigenvalue weighted by molar-refractivity contribution is 5.95. The predicted molar refractivity (Wildman–Crippen MR) is 79.1 cm³/mol. The molecule has 0 unspecified atom stereocenters. The molecule has 0 bridgehead atoms. The minimum Gasteiger partial charge on any atom is -0.323 e. The average molecular weight is 291 g/mol. The van der Waals surface area contributed by atoms with Crippen LogP contribution < -0.4 is 22.3 Å².